The number of nitrogens with zero attached hydrogens (tertiary/aromatic N) is 1. The van der Waals surface area contributed by atoms with Crippen LogP contribution in [0.2, 0.25) is 5.02 Å². The fourth-order valence-electron chi connectivity index (χ4n) is 2.20. The van der Waals surface area contributed by atoms with Crippen LogP contribution >= 0.6 is 11.6 Å². The zero-order valence-electron chi connectivity index (χ0n) is 13.7. The Hall–Kier alpha value is -2.17. The van der Waals surface area contributed by atoms with Gasteiger partial charge in [0, 0.05) is 24.7 Å². The Morgan fingerprint density at radius 1 is 1.17 bits per heavy atom. The Morgan fingerprint density at radius 3 is 2.46 bits per heavy atom. The van der Waals surface area contributed by atoms with Crippen molar-refractivity contribution in [2.75, 3.05) is 14.1 Å². The zero-order valence-corrected chi connectivity index (χ0v) is 14.5. The molecule has 2 rings (SSSR count). The van der Waals surface area contributed by atoms with Gasteiger partial charge in [0.1, 0.15) is 5.82 Å². The van der Waals surface area contributed by atoms with Crippen molar-refractivity contribution in [1.29, 1.82) is 0 Å². The summed E-state index contributed by atoms with van der Waals surface area (Å²) in [5, 5.41) is 3.04. The molecule has 0 radical (unpaired) electrons. The van der Waals surface area contributed by atoms with Gasteiger partial charge in [-0.1, -0.05) is 41.9 Å². The molecular formula is C19H20ClFN2O. The van der Waals surface area contributed by atoms with E-state index in [0.717, 1.165) is 12.1 Å². The van der Waals surface area contributed by atoms with Gasteiger partial charge in [-0.05, 0) is 43.4 Å². The highest BCUT2D eigenvalue weighted by atomic mass is 35.5. The van der Waals surface area contributed by atoms with E-state index in [1.165, 1.54) is 29.8 Å². The molecule has 1 N–H and O–H groups in total. The predicted molar refractivity (Wildman–Crippen MR) is 96.1 cm³/mol. The first-order chi connectivity index (χ1) is 11.5. The first-order valence-corrected chi connectivity index (χ1v) is 7.96. The summed E-state index contributed by atoms with van der Waals surface area (Å²) in [6.45, 7) is 1.29. The molecule has 5 heteroatoms. The number of halogens is 2. The average Bonchev–Trinajstić information content (AvgIpc) is 2.53. The molecule has 0 bridgehead atoms. The van der Waals surface area contributed by atoms with Crippen molar-refractivity contribution in [1.82, 2.24) is 10.2 Å². The monoisotopic (exact) mass is 346 g/mol. The molecule has 0 heterocycles. The molecule has 0 saturated heterocycles. The van der Waals surface area contributed by atoms with Gasteiger partial charge in [-0.25, -0.2) is 4.39 Å². The van der Waals surface area contributed by atoms with Crippen molar-refractivity contribution < 1.29 is 9.18 Å². The third kappa shape index (κ3) is 5.48. The molecule has 0 spiro atoms. The third-order valence-electron chi connectivity index (χ3n) is 3.39. The minimum atomic E-state index is -0.456. The van der Waals surface area contributed by atoms with Crippen molar-refractivity contribution in [2.24, 2.45) is 0 Å². The molecule has 1 amide bonds. The van der Waals surface area contributed by atoms with Gasteiger partial charge in [0.05, 0.1) is 5.02 Å². The molecular weight excluding hydrogens is 327 g/mol. The summed E-state index contributed by atoms with van der Waals surface area (Å²) in [5.41, 5.74) is 2.43. The molecule has 2 aromatic carbocycles. The Labute approximate surface area is 146 Å². The average molecular weight is 347 g/mol. The number of hydrogen-bond acceptors (Lipinski definition) is 2. The summed E-state index contributed by atoms with van der Waals surface area (Å²) in [4.78, 5) is 13.9. The van der Waals surface area contributed by atoms with E-state index in [4.69, 9.17) is 11.6 Å². The van der Waals surface area contributed by atoms with Gasteiger partial charge in [-0.3, -0.25) is 4.79 Å². The van der Waals surface area contributed by atoms with E-state index in [2.05, 4.69) is 10.2 Å². The maximum atomic E-state index is 13.6. The van der Waals surface area contributed by atoms with Crippen molar-refractivity contribution in [3.63, 3.8) is 0 Å². The maximum absolute atomic E-state index is 13.6. The molecule has 2 aromatic rings. The van der Waals surface area contributed by atoms with Gasteiger partial charge in [0.15, 0.2) is 0 Å². The van der Waals surface area contributed by atoms with Crippen LogP contribution in [0.4, 0.5) is 4.39 Å². The molecule has 0 aromatic heterocycles. The van der Waals surface area contributed by atoms with Gasteiger partial charge < -0.3 is 10.2 Å². The number of hydrogen-bond donors (Lipinski definition) is 1. The Morgan fingerprint density at radius 2 is 1.83 bits per heavy atom. The van der Waals surface area contributed by atoms with Crippen LogP contribution in [0.3, 0.4) is 0 Å². The second-order valence-electron chi connectivity index (χ2n) is 5.74. The van der Waals surface area contributed by atoms with E-state index in [0.29, 0.717) is 6.54 Å². The molecule has 0 unspecified atom stereocenters. The van der Waals surface area contributed by atoms with Gasteiger partial charge in [-0.2, -0.15) is 0 Å². The molecule has 0 saturated carbocycles. The van der Waals surface area contributed by atoms with E-state index in [1.807, 2.05) is 38.4 Å². The zero-order chi connectivity index (χ0) is 17.5. The summed E-state index contributed by atoms with van der Waals surface area (Å²) in [7, 11) is 4.03. The van der Waals surface area contributed by atoms with Gasteiger partial charge in [-0.15, -0.1) is 0 Å². The van der Waals surface area contributed by atoms with Crippen LogP contribution in [0.15, 0.2) is 48.5 Å². The number of benzene rings is 2. The molecule has 126 valence electrons. The Balaban J connectivity index is 1.90. The Kier molecular flexibility index (Phi) is 6.53. The molecule has 3 nitrogen and oxygen atoms in total. The van der Waals surface area contributed by atoms with Crippen LogP contribution in [0, 0.1) is 5.82 Å². The maximum Gasteiger partial charge on any atom is 0.244 e. The van der Waals surface area contributed by atoms with E-state index >= 15 is 0 Å². The fraction of sp³-hybridized carbons (Fsp3) is 0.211. The second kappa shape index (κ2) is 8.62. The molecule has 24 heavy (non-hydrogen) atoms. The Bertz CT molecular complexity index is 706. The third-order valence-corrected chi connectivity index (χ3v) is 3.72. The van der Waals surface area contributed by atoms with Crippen LogP contribution in [-0.2, 0) is 17.9 Å². The van der Waals surface area contributed by atoms with Crippen LogP contribution in [0.1, 0.15) is 16.7 Å². The van der Waals surface area contributed by atoms with Crippen LogP contribution in [0.5, 0.6) is 0 Å². The highest BCUT2D eigenvalue weighted by Crippen LogP contribution is 2.20. The number of carbonyl (C=O) groups is 1. The van der Waals surface area contributed by atoms with Crippen molar-refractivity contribution in [2.45, 2.75) is 13.1 Å². The molecule has 0 atom stereocenters. The minimum absolute atomic E-state index is 0.211. The number of amides is 1. The smallest absolute Gasteiger partial charge is 0.244 e. The molecule has 0 fully saturated rings. The SMILES string of the molecule is CN(C)Cc1ccc(CNC(=O)/C=C/c2c(F)cccc2Cl)cc1. The lowest BCUT2D eigenvalue weighted by Gasteiger charge is -2.10. The van der Waals surface area contributed by atoms with E-state index in [1.54, 1.807) is 6.07 Å². The topological polar surface area (TPSA) is 32.3 Å². The number of nitrogens with one attached hydrogen (secondary N) is 1. The highest BCUT2D eigenvalue weighted by Gasteiger charge is 2.04. The van der Waals surface area contributed by atoms with Crippen LogP contribution in [0.25, 0.3) is 6.08 Å². The summed E-state index contributed by atoms with van der Waals surface area (Å²) >= 11 is 5.91. The lowest BCUT2D eigenvalue weighted by Crippen LogP contribution is -2.20. The lowest BCUT2D eigenvalue weighted by molar-refractivity contribution is -0.116. The molecule has 0 aliphatic heterocycles. The van der Waals surface area contributed by atoms with Crippen molar-refractivity contribution in [3.05, 3.63) is 76.1 Å². The van der Waals surface area contributed by atoms with Crippen LogP contribution in [-0.4, -0.2) is 24.9 Å². The summed E-state index contributed by atoms with van der Waals surface area (Å²) in [6.07, 6.45) is 2.66. The largest absolute Gasteiger partial charge is 0.348 e. The predicted octanol–water partition coefficient (Wildman–Crippen LogP) is 3.87. The normalized spacial score (nSPS) is 11.2. The van der Waals surface area contributed by atoms with E-state index in [-0.39, 0.29) is 16.5 Å². The summed E-state index contributed by atoms with van der Waals surface area (Å²) < 4.78 is 13.6. The molecule has 0 aliphatic rings. The number of rotatable bonds is 6. The number of carbonyl (C=O) groups excluding carboxylic acids is 1. The first kappa shape index (κ1) is 18.2. The standard InChI is InChI=1S/C19H20ClFN2O/c1-23(2)13-15-8-6-14(7-9-15)12-22-19(24)11-10-16-17(20)4-3-5-18(16)21/h3-11H,12-13H2,1-2H3,(H,22,24)/b11-10+. The van der Waals surface area contributed by atoms with E-state index in [9.17, 15) is 9.18 Å². The van der Waals surface area contributed by atoms with Crippen LogP contribution < -0.4 is 5.32 Å². The minimum Gasteiger partial charge on any atom is -0.348 e. The highest BCUT2D eigenvalue weighted by molar-refractivity contribution is 6.32. The van der Waals surface area contributed by atoms with Gasteiger partial charge >= 0.3 is 0 Å². The first-order valence-electron chi connectivity index (χ1n) is 7.58. The fourth-order valence-corrected chi connectivity index (χ4v) is 2.43. The quantitative estimate of drug-likeness (QED) is 0.805. The summed E-state index contributed by atoms with van der Waals surface area (Å²) in [6, 6.07) is 12.4. The molecule has 0 aliphatic carbocycles. The van der Waals surface area contributed by atoms with Crippen molar-refractivity contribution >= 4 is 23.6 Å². The second-order valence-corrected chi connectivity index (χ2v) is 6.15. The van der Waals surface area contributed by atoms with Gasteiger partial charge in [0.2, 0.25) is 5.91 Å². The van der Waals surface area contributed by atoms with Gasteiger partial charge in [0.25, 0.3) is 0 Å². The van der Waals surface area contributed by atoms with Crippen molar-refractivity contribution in [3.8, 4) is 0 Å². The van der Waals surface area contributed by atoms with E-state index < -0.39 is 5.82 Å². The lowest BCUT2D eigenvalue weighted by atomic mass is 10.1. The summed E-state index contributed by atoms with van der Waals surface area (Å²) in [5.74, 6) is -0.755.